The molecule has 35 heavy (non-hydrogen) atoms. The average Bonchev–Trinajstić information content (AvgIpc) is 3.38. The Morgan fingerprint density at radius 1 is 0.943 bits per heavy atom. The van der Waals surface area contributed by atoms with Gasteiger partial charge in [-0.1, -0.05) is 36.4 Å². The topological polar surface area (TPSA) is 63.3 Å². The molecule has 3 aromatic rings. The van der Waals surface area contributed by atoms with Crippen LogP contribution in [0.15, 0.2) is 72.8 Å². The molecular weight excluding hydrogens is 442 g/mol. The number of nitrogens with one attached hydrogen (secondary N) is 1. The van der Waals surface area contributed by atoms with Crippen LogP contribution in [0.2, 0.25) is 0 Å². The molecule has 2 aliphatic heterocycles. The Labute approximate surface area is 206 Å². The quantitative estimate of drug-likeness (QED) is 0.539. The van der Waals surface area contributed by atoms with E-state index in [9.17, 15) is 4.79 Å². The number of hydrogen-bond acceptors (Lipinski definition) is 6. The molecule has 1 saturated heterocycles. The van der Waals surface area contributed by atoms with Gasteiger partial charge in [0.25, 0.3) is 0 Å². The molecule has 3 aromatic carbocycles. The monoisotopic (exact) mass is 473 g/mol. The first-order valence-electron chi connectivity index (χ1n) is 12.0. The number of carbonyl (C=O) groups excluding carboxylic acids is 1. The van der Waals surface area contributed by atoms with E-state index >= 15 is 0 Å². The van der Waals surface area contributed by atoms with E-state index in [1.54, 1.807) is 7.11 Å². The summed E-state index contributed by atoms with van der Waals surface area (Å²) in [6.07, 6.45) is 0.333. The second-order valence-corrected chi connectivity index (χ2v) is 8.82. The van der Waals surface area contributed by atoms with Gasteiger partial charge in [-0.15, -0.1) is 0 Å². The van der Waals surface area contributed by atoms with Crippen LogP contribution in [-0.2, 0) is 11.2 Å². The van der Waals surface area contributed by atoms with Crippen LogP contribution in [0.4, 0.5) is 5.69 Å². The van der Waals surface area contributed by atoms with Gasteiger partial charge < -0.3 is 24.4 Å². The number of rotatable bonds is 8. The van der Waals surface area contributed by atoms with Crippen LogP contribution in [0.1, 0.15) is 17.2 Å². The molecule has 5 rings (SSSR count). The maximum absolute atomic E-state index is 12.8. The molecule has 0 saturated carbocycles. The van der Waals surface area contributed by atoms with E-state index in [1.165, 1.54) is 5.69 Å². The first kappa shape index (κ1) is 23.1. The number of anilines is 1. The molecule has 1 N–H and O–H groups in total. The van der Waals surface area contributed by atoms with Crippen molar-refractivity contribution < 1.29 is 19.0 Å². The number of methoxy groups -OCH3 is 1. The Morgan fingerprint density at radius 2 is 1.69 bits per heavy atom. The molecule has 0 aliphatic carbocycles. The summed E-state index contributed by atoms with van der Waals surface area (Å²) in [5, 5.41) is 3.17. The molecule has 7 nitrogen and oxygen atoms in total. The second kappa shape index (κ2) is 10.7. The van der Waals surface area contributed by atoms with Gasteiger partial charge in [0.05, 0.1) is 19.6 Å². The number of fused-ring (bicyclic) bond motifs is 1. The number of benzene rings is 3. The van der Waals surface area contributed by atoms with Crippen molar-refractivity contribution in [3.63, 3.8) is 0 Å². The number of nitrogens with zero attached hydrogens (tertiary/aromatic N) is 2. The summed E-state index contributed by atoms with van der Waals surface area (Å²) in [5.74, 6) is 2.32. The van der Waals surface area contributed by atoms with E-state index < -0.39 is 0 Å². The van der Waals surface area contributed by atoms with Gasteiger partial charge >= 0.3 is 0 Å². The molecular formula is C28H31N3O4. The summed E-state index contributed by atoms with van der Waals surface area (Å²) in [5.41, 5.74) is 3.33. The third kappa shape index (κ3) is 5.52. The Morgan fingerprint density at radius 3 is 2.43 bits per heavy atom. The SMILES string of the molecule is COc1ccc(CC(=O)NC[C@H](c2ccc3c(c2)OCO3)N2CCN(c3ccccc3)CC2)cc1. The summed E-state index contributed by atoms with van der Waals surface area (Å²) in [6, 6.07) is 24.3. The number of para-hydroxylation sites is 1. The van der Waals surface area contributed by atoms with Gasteiger partial charge in [0.15, 0.2) is 11.5 Å². The van der Waals surface area contributed by atoms with E-state index in [-0.39, 0.29) is 18.7 Å². The van der Waals surface area contributed by atoms with E-state index in [0.29, 0.717) is 13.0 Å². The Balaban J connectivity index is 1.26. The number of carbonyl (C=O) groups is 1. The smallest absolute Gasteiger partial charge is 0.231 e. The highest BCUT2D eigenvalue weighted by molar-refractivity contribution is 5.78. The molecule has 1 amide bonds. The first-order chi connectivity index (χ1) is 17.2. The van der Waals surface area contributed by atoms with Crippen molar-refractivity contribution in [1.82, 2.24) is 10.2 Å². The largest absolute Gasteiger partial charge is 0.497 e. The van der Waals surface area contributed by atoms with Crippen LogP contribution in [0.25, 0.3) is 0 Å². The van der Waals surface area contributed by atoms with Crippen molar-refractivity contribution in [2.45, 2.75) is 12.5 Å². The summed E-state index contributed by atoms with van der Waals surface area (Å²) >= 11 is 0. The van der Waals surface area contributed by atoms with Crippen LogP contribution in [-0.4, -0.2) is 57.4 Å². The van der Waals surface area contributed by atoms with Crippen molar-refractivity contribution in [2.75, 3.05) is 51.5 Å². The van der Waals surface area contributed by atoms with Gasteiger partial charge in [-0.2, -0.15) is 0 Å². The van der Waals surface area contributed by atoms with E-state index in [1.807, 2.05) is 42.5 Å². The maximum Gasteiger partial charge on any atom is 0.231 e. The van der Waals surface area contributed by atoms with Crippen LogP contribution in [0, 0.1) is 0 Å². The van der Waals surface area contributed by atoms with Gasteiger partial charge in [-0.05, 0) is 47.5 Å². The highest BCUT2D eigenvalue weighted by atomic mass is 16.7. The zero-order valence-corrected chi connectivity index (χ0v) is 20.0. The van der Waals surface area contributed by atoms with Crippen LogP contribution in [0.3, 0.4) is 0 Å². The summed E-state index contributed by atoms with van der Waals surface area (Å²) in [4.78, 5) is 17.7. The zero-order valence-electron chi connectivity index (χ0n) is 20.0. The fraction of sp³-hybridized carbons (Fsp3) is 0.321. The molecule has 182 valence electrons. The molecule has 0 spiro atoms. The van der Waals surface area contributed by atoms with Gasteiger partial charge in [-0.25, -0.2) is 0 Å². The summed E-state index contributed by atoms with van der Waals surface area (Å²) in [7, 11) is 1.64. The first-order valence-corrected chi connectivity index (χ1v) is 12.0. The third-order valence-corrected chi connectivity index (χ3v) is 6.67. The van der Waals surface area contributed by atoms with Crippen molar-refractivity contribution >= 4 is 11.6 Å². The number of amides is 1. The fourth-order valence-electron chi connectivity index (χ4n) is 4.71. The number of piperazine rings is 1. The molecule has 7 heteroatoms. The zero-order chi connectivity index (χ0) is 24.0. The van der Waals surface area contributed by atoms with Gasteiger partial charge in [-0.3, -0.25) is 9.69 Å². The highest BCUT2D eigenvalue weighted by Crippen LogP contribution is 2.35. The van der Waals surface area contributed by atoms with E-state index in [2.05, 4.69) is 45.4 Å². The molecule has 0 unspecified atom stereocenters. The van der Waals surface area contributed by atoms with Gasteiger partial charge in [0.1, 0.15) is 5.75 Å². The molecule has 2 heterocycles. The average molecular weight is 474 g/mol. The molecule has 0 radical (unpaired) electrons. The van der Waals surface area contributed by atoms with Crippen LogP contribution in [0.5, 0.6) is 17.2 Å². The maximum atomic E-state index is 12.8. The molecule has 0 bridgehead atoms. The van der Waals surface area contributed by atoms with E-state index in [4.69, 9.17) is 14.2 Å². The lowest BCUT2D eigenvalue weighted by Gasteiger charge is -2.40. The number of ether oxygens (including phenoxy) is 3. The van der Waals surface area contributed by atoms with Gasteiger partial charge in [0.2, 0.25) is 12.7 Å². The van der Waals surface area contributed by atoms with Crippen molar-refractivity contribution in [1.29, 1.82) is 0 Å². The fourth-order valence-corrected chi connectivity index (χ4v) is 4.71. The predicted molar refractivity (Wildman–Crippen MR) is 135 cm³/mol. The summed E-state index contributed by atoms with van der Waals surface area (Å²) in [6.45, 7) is 4.46. The third-order valence-electron chi connectivity index (χ3n) is 6.67. The normalized spacial score (nSPS) is 16.1. The lowest BCUT2D eigenvalue weighted by Crippen LogP contribution is -2.50. The van der Waals surface area contributed by atoms with Crippen molar-refractivity contribution in [3.8, 4) is 17.2 Å². The highest BCUT2D eigenvalue weighted by Gasteiger charge is 2.27. The second-order valence-electron chi connectivity index (χ2n) is 8.82. The van der Waals surface area contributed by atoms with Gasteiger partial charge in [0, 0.05) is 38.4 Å². The Kier molecular flexibility index (Phi) is 7.04. The molecule has 0 aromatic heterocycles. The van der Waals surface area contributed by atoms with Crippen LogP contribution < -0.4 is 24.4 Å². The van der Waals surface area contributed by atoms with Crippen LogP contribution >= 0.6 is 0 Å². The summed E-state index contributed by atoms with van der Waals surface area (Å²) < 4.78 is 16.3. The van der Waals surface area contributed by atoms with E-state index in [0.717, 1.165) is 54.6 Å². The lowest BCUT2D eigenvalue weighted by atomic mass is 10.0. The molecule has 1 fully saturated rings. The molecule has 1 atom stereocenters. The Bertz CT molecular complexity index is 1130. The lowest BCUT2D eigenvalue weighted by molar-refractivity contribution is -0.120. The minimum Gasteiger partial charge on any atom is -0.497 e. The number of hydrogen-bond donors (Lipinski definition) is 1. The standard InChI is InChI=1S/C28H31N3O4/c1-33-24-10-7-21(8-11-24)17-28(32)29-19-25(22-9-12-26-27(18-22)35-20-34-26)31-15-13-30(14-16-31)23-5-3-2-4-6-23/h2-12,18,25H,13-17,19-20H2,1H3,(H,29,32)/t25-/m1/s1. The van der Waals surface area contributed by atoms with Crippen molar-refractivity contribution in [2.24, 2.45) is 0 Å². The predicted octanol–water partition coefficient (Wildman–Crippen LogP) is 3.65. The minimum atomic E-state index is 0.00355. The minimum absolute atomic E-state index is 0.00355. The Hall–Kier alpha value is -3.71. The van der Waals surface area contributed by atoms with Crippen molar-refractivity contribution in [3.05, 3.63) is 83.9 Å². The molecule has 2 aliphatic rings.